The summed E-state index contributed by atoms with van der Waals surface area (Å²) in [6, 6.07) is 4.58. The molecule has 13 nitrogen and oxygen atoms in total. The van der Waals surface area contributed by atoms with E-state index in [9.17, 15) is 34.8 Å². The van der Waals surface area contributed by atoms with Crippen LogP contribution in [0, 0.1) is 0 Å². The van der Waals surface area contributed by atoms with Gasteiger partial charge in [-0.3, -0.25) is 10.2 Å². The summed E-state index contributed by atoms with van der Waals surface area (Å²) in [6.07, 6.45) is -8.74. The number of carboxylic acids is 1. The van der Waals surface area contributed by atoms with Crippen molar-refractivity contribution in [3.8, 4) is 5.75 Å². The number of aliphatic hydroxyl groups excluding tert-OH is 3. The van der Waals surface area contributed by atoms with Gasteiger partial charge in [0.05, 0.1) is 0 Å². The van der Waals surface area contributed by atoms with Crippen molar-refractivity contribution in [1.29, 1.82) is 0 Å². The summed E-state index contributed by atoms with van der Waals surface area (Å²) in [4.78, 5) is 35.3. The molecule has 0 aliphatic carbocycles. The maximum absolute atomic E-state index is 12.5. The zero-order valence-electron chi connectivity index (χ0n) is 18.9. The first-order chi connectivity index (χ1) is 16.2. The first-order valence-electron chi connectivity index (χ1n) is 10.6. The quantitative estimate of drug-likeness (QED) is 0.133. The van der Waals surface area contributed by atoms with Gasteiger partial charge in [0.25, 0.3) is 0 Å². The minimum Gasteiger partial charge on any atom is -0.479 e. The lowest BCUT2D eigenvalue weighted by molar-refractivity contribution is -0.271. The van der Waals surface area contributed by atoms with Gasteiger partial charge in [-0.25, -0.2) is 15.0 Å². The van der Waals surface area contributed by atoms with Crippen molar-refractivity contribution >= 4 is 17.8 Å². The van der Waals surface area contributed by atoms with Gasteiger partial charge in [0.15, 0.2) is 6.10 Å². The number of rotatable bonds is 12. The number of hydrogen-bond donors (Lipinski definition) is 7. The van der Waals surface area contributed by atoms with E-state index in [0.717, 1.165) is 0 Å². The van der Waals surface area contributed by atoms with Crippen LogP contribution in [0.4, 0.5) is 4.79 Å². The topological polar surface area (TPSA) is 196 Å². The maximum atomic E-state index is 12.5. The van der Waals surface area contributed by atoms with Crippen LogP contribution in [0.3, 0.4) is 0 Å². The summed E-state index contributed by atoms with van der Waals surface area (Å²) in [5.41, 5.74) is 5.61. The van der Waals surface area contributed by atoms with E-state index < -0.39 is 42.8 Å². The number of carboxylic acid groups (broad SMARTS) is 1. The molecule has 1 aromatic carbocycles. The van der Waals surface area contributed by atoms with Crippen LogP contribution < -0.4 is 20.9 Å². The molecular formula is C21H31N3O10. The lowest BCUT2D eigenvalue weighted by Crippen LogP contribution is -2.61. The smallest absolute Gasteiger partial charge is 0.421 e. The Morgan fingerprint density at radius 2 is 1.82 bits per heavy atom. The normalized spacial score (nSPS) is 24.3. The molecule has 0 spiro atoms. The molecule has 1 aliphatic heterocycles. The largest absolute Gasteiger partial charge is 0.479 e. The lowest BCUT2D eigenvalue weighted by atomic mass is 9.98. The highest BCUT2D eigenvalue weighted by Crippen LogP contribution is 2.28. The van der Waals surface area contributed by atoms with E-state index in [-0.39, 0.29) is 24.6 Å². The van der Waals surface area contributed by atoms with Crippen LogP contribution in [0.1, 0.15) is 24.0 Å². The molecule has 5 atom stereocenters. The molecule has 0 aromatic heterocycles. The number of benzene rings is 1. The number of amides is 1. The van der Waals surface area contributed by atoms with Crippen molar-refractivity contribution in [3.05, 3.63) is 29.3 Å². The summed E-state index contributed by atoms with van der Waals surface area (Å²) >= 11 is 0. The first-order valence-corrected chi connectivity index (χ1v) is 10.6. The Kier molecular flexibility index (Phi) is 10.6. The van der Waals surface area contributed by atoms with Gasteiger partial charge in [-0.1, -0.05) is 6.07 Å². The maximum Gasteiger partial charge on any atom is 0.421 e. The lowest BCUT2D eigenvalue weighted by Gasteiger charge is -2.38. The monoisotopic (exact) mass is 485 g/mol. The van der Waals surface area contributed by atoms with Crippen molar-refractivity contribution in [2.24, 2.45) is 0 Å². The Morgan fingerprint density at radius 3 is 2.47 bits per heavy atom. The molecule has 1 amide bonds. The molecular weight excluding hydrogens is 454 g/mol. The van der Waals surface area contributed by atoms with Crippen LogP contribution >= 0.6 is 0 Å². The first kappa shape index (κ1) is 27.4. The van der Waals surface area contributed by atoms with E-state index in [1.165, 1.54) is 13.1 Å². The van der Waals surface area contributed by atoms with Gasteiger partial charge in [0, 0.05) is 25.5 Å². The van der Waals surface area contributed by atoms with E-state index in [1.54, 1.807) is 19.2 Å². The van der Waals surface area contributed by atoms with E-state index in [2.05, 4.69) is 16.2 Å². The molecule has 0 saturated carbocycles. The summed E-state index contributed by atoms with van der Waals surface area (Å²) in [7, 11) is 3.27. The average Bonchev–Trinajstić information content (AvgIpc) is 2.79. The van der Waals surface area contributed by atoms with Gasteiger partial charge in [-0.2, -0.15) is 0 Å². The molecule has 0 bridgehead atoms. The van der Waals surface area contributed by atoms with Crippen LogP contribution in [0.15, 0.2) is 18.2 Å². The summed E-state index contributed by atoms with van der Waals surface area (Å²) in [6.45, 7) is 0.547. The van der Waals surface area contributed by atoms with Gasteiger partial charge in [0.1, 0.15) is 36.5 Å². The minimum atomic E-state index is -1.86. The predicted molar refractivity (Wildman–Crippen MR) is 116 cm³/mol. The number of hydrazine groups is 1. The Bertz CT molecular complexity index is 852. The zero-order valence-corrected chi connectivity index (χ0v) is 18.9. The zero-order chi connectivity index (χ0) is 25.3. The van der Waals surface area contributed by atoms with Gasteiger partial charge in [0.2, 0.25) is 6.29 Å². The highest BCUT2D eigenvalue weighted by molar-refractivity contribution is 5.81. The number of carbonyl (C=O) groups is 3. The summed E-state index contributed by atoms with van der Waals surface area (Å²) in [5, 5.41) is 42.3. The third-order valence-corrected chi connectivity index (χ3v) is 5.05. The molecule has 1 saturated heterocycles. The standard InChI is InChI=1S/C21H31N3O10/c1-22-7-3-4-13(25)9-12-8-11(10-32-21(31)24-23-2)5-6-14(12)33-20-17(28)15(26)16(27)18(34-20)19(29)30/h5-6,8,15-18,20,22-23,26-28H,3-4,7,9-10H2,1-2H3,(H,24,31)(H,29,30)/t15-,16-,17+,18-,20+/m1/s1. The summed E-state index contributed by atoms with van der Waals surface area (Å²) < 4.78 is 15.8. The third-order valence-electron chi connectivity index (χ3n) is 5.05. The molecule has 1 aromatic rings. The van der Waals surface area contributed by atoms with Crippen molar-refractivity contribution < 1.29 is 49.0 Å². The van der Waals surface area contributed by atoms with Crippen LogP contribution in [0.25, 0.3) is 0 Å². The van der Waals surface area contributed by atoms with Crippen LogP contribution in [0.2, 0.25) is 0 Å². The molecule has 1 heterocycles. The van der Waals surface area contributed by atoms with E-state index in [0.29, 0.717) is 30.5 Å². The van der Waals surface area contributed by atoms with E-state index >= 15 is 0 Å². The van der Waals surface area contributed by atoms with Gasteiger partial charge < -0.3 is 40.0 Å². The van der Waals surface area contributed by atoms with E-state index in [1.807, 2.05) is 0 Å². The molecule has 0 unspecified atom stereocenters. The Morgan fingerprint density at radius 1 is 1.09 bits per heavy atom. The minimum absolute atomic E-state index is 0.0497. The highest BCUT2D eigenvalue weighted by atomic mass is 16.7. The van der Waals surface area contributed by atoms with Crippen molar-refractivity contribution in [2.75, 3.05) is 20.6 Å². The molecule has 13 heteroatoms. The SMILES string of the molecule is CNCCCC(=O)Cc1cc(COC(=O)NNC)ccc1O[C@H]1O[C@@H](C(=O)O)[C@H](O)[C@@H](O)[C@@H]1O. The van der Waals surface area contributed by atoms with Crippen molar-refractivity contribution in [1.82, 2.24) is 16.2 Å². The number of aliphatic carboxylic acids is 1. The van der Waals surface area contributed by atoms with Gasteiger partial charge in [-0.05, 0) is 37.7 Å². The predicted octanol–water partition coefficient (Wildman–Crippen LogP) is -1.57. The van der Waals surface area contributed by atoms with Crippen molar-refractivity contribution in [3.63, 3.8) is 0 Å². The number of ether oxygens (including phenoxy) is 3. The molecule has 7 N–H and O–H groups in total. The average molecular weight is 485 g/mol. The fraction of sp³-hybridized carbons (Fsp3) is 0.571. The Balaban J connectivity index is 2.23. The van der Waals surface area contributed by atoms with Gasteiger partial charge in [-0.15, -0.1) is 0 Å². The molecule has 2 rings (SSSR count). The molecule has 1 aliphatic rings. The van der Waals surface area contributed by atoms with Gasteiger partial charge >= 0.3 is 12.1 Å². The molecule has 0 radical (unpaired) electrons. The third kappa shape index (κ3) is 7.62. The molecule has 1 fully saturated rings. The van der Waals surface area contributed by atoms with Crippen molar-refractivity contribution in [2.45, 2.75) is 56.6 Å². The summed E-state index contributed by atoms with van der Waals surface area (Å²) in [5.74, 6) is -1.54. The number of nitrogens with one attached hydrogen (secondary N) is 3. The second-order valence-electron chi connectivity index (χ2n) is 7.67. The van der Waals surface area contributed by atoms with Crippen LogP contribution in [0.5, 0.6) is 5.75 Å². The molecule has 190 valence electrons. The second-order valence-corrected chi connectivity index (χ2v) is 7.67. The van der Waals surface area contributed by atoms with Crippen LogP contribution in [-0.2, 0) is 32.1 Å². The fourth-order valence-electron chi connectivity index (χ4n) is 3.30. The second kappa shape index (κ2) is 13.2. The Labute approximate surface area is 196 Å². The number of hydrogen-bond acceptors (Lipinski definition) is 11. The number of Topliss-reactive ketones (excluding diaryl/α,β-unsaturated/α-hetero) is 1. The number of aliphatic hydroxyl groups is 3. The van der Waals surface area contributed by atoms with Crippen LogP contribution in [-0.4, -0.2) is 89.6 Å². The Hall–Kier alpha value is -2.81. The number of carbonyl (C=O) groups excluding carboxylic acids is 2. The number of ketones is 1. The highest BCUT2D eigenvalue weighted by Gasteiger charge is 2.48. The fourth-order valence-corrected chi connectivity index (χ4v) is 3.30. The van der Waals surface area contributed by atoms with E-state index in [4.69, 9.17) is 14.2 Å². The molecule has 34 heavy (non-hydrogen) atoms.